The fraction of sp³-hybridized carbons (Fsp3) is 0.136. The van der Waals surface area contributed by atoms with Gasteiger partial charge in [0.1, 0.15) is 0 Å². The SMILES string of the molecule is COc1ccc(-c2csc(NC(=O)c3cnn(-c4ccc(C)cc4)c3C(F)(F)F)n2)cc1F. The molecule has 4 aromatic rings. The molecule has 4 rings (SSSR count). The maximum atomic E-state index is 14.0. The summed E-state index contributed by atoms with van der Waals surface area (Å²) in [4.78, 5) is 16.9. The summed E-state index contributed by atoms with van der Waals surface area (Å²) in [6.07, 6.45) is -3.96. The summed E-state index contributed by atoms with van der Waals surface area (Å²) >= 11 is 0.996. The molecule has 0 unspecified atom stereocenters. The fourth-order valence-electron chi connectivity index (χ4n) is 3.12. The zero-order chi connectivity index (χ0) is 23.8. The zero-order valence-corrected chi connectivity index (χ0v) is 18.1. The van der Waals surface area contributed by atoms with E-state index in [1.54, 1.807) is 30.5 Å². The van der Waals surface area contributed by atoms with Crippen molar-refractivity contribution in [3.63, 3.8) is 0 Å². The average Bonchev–Trinajstić information content (AvgIpc) is 3.41. The third-order valence-electron chi connectivity index (χ3n) is 4.73. The predicted octanol–water partition coefficient (Wildman–Crippen LogP) is 5.72. The van der Waals surface area contributed by atoms with Gasteiger partial charge in [-0.1, -0.05) is 17.7 Å². The Morgan fingerprint density at radius 2 is 1.88 bits per heavy atom. The molecule has 33 heavy (non-hydrogen) atoms. The Morgan fingerprint density at radius 1 is 1.15 bits per heavy atom. The first-order chi connectivity index (χ1) is 15.7. The van der Waals surface area contributed by atoms with Gasteiger partial charge in [-0.05, 0) is 37.3 Å². The number of anilines is 1. The first kappa shape index (κ1) is 22.5. The van der Waals surface area contributed by atoms with Crippen LogP contribution in [0.1, 0.15) is 21.6 Å². The first-order valence-corrected chi connectivity index (χ1v) is 10.4. The van der Waals surface area contributed by atoms with Crippen LogP contribution >= 0.6 is 11.3 Å². The summed E-state index contributed by atoms with van der Waals surface area (Å²) in [5, 5.41) is 7.77. The van der Waals surface area contributed by atoms with Crippen molar-refractivity contribution in [1.29, 1.82) is 0 Å². The second-order valence-electron chi connectivity index (χ2n) is 6.99. The number of nitrogens with zero attached hydrogens (tertiary/aromatic N) is 3. The van der Waals surface area contributed by atoms with Crippen molar-refractivity contribution < 1.29 is 27.1 Å². The van der Waals surface area contributed by atoms with Gasteiger partial charge in [0.25, 0.3) is 5.91 Å². The molecule has 2 aromatic carbocycles. The molecule has 0 aliphatic rings. The van der Waals surface area contributed by atoms with Crippen LogP contribution < -0.4 is 10.1 Å². The minimum absolute atomic E-state index is 0.0578. The van der Waals surface area contributed by atoms with Crippen LogP contribution in [0.25, 0.3) is 16.9 Å². The maximum absolute atomic E-state index is 14.0. The van der Waals surface area contributed by atoms with E-state index in [4.69, 9.17) is 4.74 Å². The second-order valence-corrected chi connectivity index (χ2v) is 7.85. The summed E-state index contributed by atoms with van der Waals surface area (Å²) in [7, 11) is 1.34. The molecule has 170 valence electrons. The topological polar surface area (TPSA) is 69.0 Å². The molecule has 0 aliphatic carbocycles. The van der Waals surface area contributed by atoms with E-state index < -0.39 is 29.2 Å². The Labute approximate surface area is 189 Å². The maximum Gasteiger partial charge on any atom is 0.434 e. The number of nitrogens with one attached hydrogen (secondary N) is 1. The summed E-state index contributed by atoms with van der Waals surface area (Å²) in [6, 6.07) is 10.5. The van der Waals surface area contributed by atoms with E-state index in [9.17, 15) is 22.4 Å². The quantitative estimate of drug-likeness (QED) is 0.374. The highest BCUT2D eigenvalue weighted by atomic mass is 32.1. The Bertz CT molecular complexity index is 1310. The van der Waals surface area contributed by atoms with E-state index in [1.807, 2.05) is 0 Å². The molecule has 0 fully saturated rings. The van der Waals surface area contributed by atoms with Crippen LogP contribution in [0.2, 0.25) is 0 Å². The number of hydrogen-bond donors (Lipinski definition) is 1. The fourth-order valence-corrected chi connectivity index (χ4v) is 3.84. The Kier molecular flexibility index (Phi) is 5.90. The minimum Gasteiger partial charge on any atom is -0.494 e. The molecule has 0 bridgehead atoms. The van der Waals surface area contributed by atoms with Gasteiger partial charge < -0.3 is 4.74 Å². The van der Waals surface area contributed by atoms with Crippen molar-refractivity contribution in [1.82, 2.24) is 14.8 Å². The van der Waals surface area contributed by atoms with Gasteiger partial charge in [0, 0.05) is 10.9 Å². The molecule has 0 saturated heterocycles. The van der Waals surface area contributed by atoms with Crippen molar-refractivity contribution in [2.24, 2.45) is 0 Å². The van der Waals surface area contributed by atoms with Crippen molar-refractivity contribution in [2.75, 3.05) is 12.4 Å². The number of aryl methyl sites for hydroxylation is 1. The first-order valence-electron chi connectivity index (χ1n) is 9.50. The van der Waals surface area contributed by atoms with Gasteiger partial charge in [0.15, 0.2) is 22.4 Å². The monoisotopic (exact) mass is 476 g/mol. The molecule has 0 aliphatic heterocycles. The molecule has 0 spiro atoms. The molecule has 0 saturated carbocycles. The van der Waals surface area contributed by atoms with Crippen LogP contribution in [-0.2, 0) is 6.18 Å². The van der Waals surface area contributed by atoms with Crippen molar-refractivity contribution in [3.05, 3.63) is 76.7 Å². The van der Waals surface area contributed by atoms with E-state index in [0.717, 1.165) is 23.1 Å². The third-order valence-corrected chi connectivity index (χ3v) is 5.49. The highest BCUT2D eigenvalue weighted by Gasteiger charge is 2.40. The molecule has 1 N–H and O–H groups in total. The number of halogens is 4. The molecule has 0 atom stereocenters. The lowest BCUT2D eigenvalue weighted by molar-refractivity contribution is -0.143. The van der Waals surface area contributed by atoms with E-state index in [0.29, 0.717) is 15.9 Å². The predicted molar refractivity (Wildman–Crippen MR) is 115 cm³/mol. The number of methoxy groups -OCH3 is 1. The van der Waals surface area contributed by atoms with Gasteiger partial charge in [-0.25, -0.2) is 14.1 Å². The van der Waals surface area contributed by atoms with Crippen LogP contribution in [0.4, 0.5) is 22.7 Å². The van der Waals surface area contributed by atoms with Crippen molar-refractivity contribution >= 4 is 22.4 Å². The number of alkyl halides is 3. The van der Waals surface area contributed by atoms with E-state index in [-0.39, 0.29) is 16.6 Å². The van der Waals surface area contributed by atoms with E-state index in [2.05, 4.69) is 15.4 Å². The smallest absolute Gasteiger partial charge is 0.434 e. The molecular weight excluding hydrogens is 460 g/mol. The number of carbonyl (C=O) groups is 1. The number of aromatic nitrogens is 3. The van der Waals surface area contributed by atoms with Crippen LogP contribution in [0.15, 0.2) is 54.0 Å². The average molecular weight is 476 g/mol. The number of amides is 1. The minimum atomic E-state index is -4.83. The molecule has 11 heteroatoms. The zero-order valence-electron chi connectivity index (χ0n) is 17.3. The van der Waals surface area contributed by atoms with Gasteiger partial charge in [-0.3, -0.25) is 10.1 Å². The standard InChI is InChI=1S/C22H16F4N4O2S/c1-12-3-6-14(7-4-12)30-19(22(24,25)26)15(10-27-30)20(31)29-21-28-17(11-33-21)13-5-8-18(32-2)16(23)9-13/h3-11H,1-2H3,(H,28,29,31). The lowest BCUT2D eigenvalue weighted by Gasteiger charge is -2.12. The van der Waals surface area contributed by atoms with Crippen LogP contribution in [0, 0.1) is 12.7 Å². The Balaban J connectivity index is 1.62. The van der Waals surface area contributed by atoms with E-state index >= 15 is 0 Å². The van der Waals surface area contributed by atoms with Gasteiger partial charge in [0.05, 0.1) is 30.3 Å². The Hall–Kier alpha value is -3.73. The van der Waals surface area contributed by atoms with Crippen molar-refractivity contribution in [2.45, 2.75) is 13.1 Å². The molecule has 6 nitrogen and oxygen atoms in total. The molecule has 1 amide bonds. The van der Waals surface area contributed by atoms with Crippen LogP contribution in [-0.4, -0.2) is 27.8 Å². The summed E-state index contributed by atoms with van der Waals surface area (Å²) in [5.74, 6) is -1.54. The second kappa shape index (κ2) is 8.66. The number of rotatable bonds is 5. The lowest BCUT2D eigenvalue weighted by atomic mass is 10.1. The summed E-state index contributed by atoms with van der Waals surface area (Å²) < 4.78 is 61.0. The number of hydrogen-bond acceptors (Lipinski definition) is 5. The van der Waals surface area contributed by atoms with Crippen molar-refractivity contribution in [3.8, 4) is 22.7 Å². The summed E-state index contributed by atoms with van der Waals surface area (Å²) in [5.41, 5.74) is -0.0246. The normalized spacial score (nSPS) is 11.5. The third kappa shape index (κ3) is 4.58. The highest BCUT2D eigenvalue weighted by Crippen LogP contribution is 2.34. The van der Waals surface area contributed by atoms with Crippen LogP contribution in [0.5, 0.6) is 5.75 Å². The Morgan fingerprint density at radius 3 is 2.52 bits per heavy atom. The van der Waals surface area contributed by atoms with E-state index in [1.165, 1.54) is 31.4 Å². The number of benzene rings is 2. The van der Waals surface area contributed by atoms with Crippen LogP contribution in [0.3, 0.4) is 0 Å². The summed E-state index contributed by atoms with van der Waals surface area (Å²) in [6.45, 7) is 1.80. The largest absolute Gasteiger partial charge is 0.494 e. The molecular formula is C22H16F4N4O2S. The van der Waals surface area contributed by atoms with Gasteiger partial charge >= 0.3 is 6.18 Å². The number of ether oxygens (including phenoxy) is 1. The highest BCUT2D eigenvalue weighted by molar-refractivity contribution is 7.14. The molecule has 2 aromatic heterocycles. The van der Waals surface area contributed by atoms with Gasteiger partial charge in [-0.15, -0.1) is 11.3 Å². The van der Waals surface area contributed by atoms with Gasteiger partial charge in [-0.2, -0.15) is 18.3 Å². The molecule has 0 radical (unpaired) electrons. The lowest BCUT2D eigenvalue weighted by Crippen LogP contribution is -2.20. The number of thiazole rings is 1. The molecule has 2 heterocycles. The number of carbonyl (C=O) groups excluding carboxylic acids is 1. The van der Waals surface area contributed by atoms with Gasteiger partial charge in [0.2, 0.25) is 0 Å².